The first-order valence-corrected chi connectivity index (χ1v) is 15.7. The smallest absolute Gasteiger partial charge is 0.410 e. The molecular weight excluding hydrogens is 566 g/mol. The van der Waals surface area contributed by atoms with Crippen molar-refractivity contribution in [1.29, 1.82) is 0 Å². The number of hydrogen-bond acceptors (Lipinski definition) is 8. The first-order valence-electron chi connectivity index (χ1n) is 14.3. The number of nitrogens with one attached hydrogen (secondary N) is 1. The first kappa shape index (κ1) is 30.2. The summed E-state index contributed by atoms with van der Waals surface area (Å²) >= 11 is 0. The van der Waals surface area contributed by atoms with Gasteiger partial charge >= 0.3 is 12.7 Å². The zero-order chi connectivity index (χ0) is 29.7. The molecule has 42 heavy (non-hydrogen) atoms. The van der Waals surface area contributed by atoms with Crippen LogP contribution in [0.1, 0.15) is 51.0 Å². The van der Waals surface area contributed by atoms with Gasteiger partial charge in [0.1, 0.15) is 23.0 Å². The maximum atomic E-state index is 13.5. The number of benzene rings is 1. The monoisotopic (exact) mass is 603 g/mol. The van der Waals surface area contributed by atoms with E-state index in [0.717, 1.165) is 35.6 Å². The van der Waals surface area contributed by atoms with Crippen LogP contribution in [0.15, 0.2) is 54.2 Å². The van der Waals surface area contributed by atoms with Crippen LogP contribution < -0.4 is 15.0 Å². The lowest BCUT2D eigenvalue weighted by atomic mass is 9.90. The maximum absolute atomic E-state index is 13.5. The average molecular weight is 604 g/mol. The number of morpholine rings is 1. The summed E-state index contributed by atoms with van der Waals surface area (Å²) < 4.78 is 53.0. The molecular formula is C30H37F2N4O5S+. The van der Waals surface area contributed by atoms with E-state index in [1.54, 1.807) is 24.3 Å². The van der Waals surface area contributed by atoms with Gasteiger partial charge < -0.3 is 19.1 Å². The summed E-state index contributed by atoms with van der Waals surface area (Å²) in [5.41, 5.74) is 2.36. The van der Waals surface area contributed by atoms with Crippen LogP contribution in [0.3, 0.4) is 0 Å². The van der Waals surface area contributed by atoms with Crippen molar-refractivity contribution in [2.45, 2.75) is 56.9 Å². The van der Waals surface area contributed by atoms with Crippen LogP contribution in [-0.4, -0.2) is 60.8 Å². The Morgan fingerprint density at radius 3 is 2.69 bits per heavy atom. The molecule has 2 unspecified atom stereocenters. The second kappa shape index (κ2) is 13.4. The van der Waals surface area contributed by atoms with Crippen LogP contribution in [0.25, 0.3) is 5.57 Å². The lowest BCUT2D eigenvalue weighted by Gasteiger charge is -2.35. The van der Waals surface area contributed by atoms with Crippen LogP contribution in [-0.2, 0) is 29.2 Å². The number of nitrogens with zero attached hydrogens (tertiary/aromatic N) is 3. The number of hydrogen-bond donors (Lipinski definition) is 1. The third-order valence-electron chi connectivity index (χ3n) is 7.80. The Balaban J connectivity index is 1.39. The number of amides is 1. The van der Waals surface area contributed by atoms with E-state index in [1.807, 2.05) is 31.2 Å². The Bertz CT molecular complexity index is 1350. The van der Waals surface area contributed by atoms with Crippen LogP contribution >= 0.6 is 0 Å². The fraction of sp³-hybridized carbons (Fsp3) is 0.500. The van der Waals surface area contributed by atoms with E-state index >= 15 is 0 Å². The minimum Gasteiger partial charge on any atom is -0.410 e. The molecule has 2 aliphatic carbocycles. The highest BCUT2D eigenvalue weighted by molar-refractivity contribution is 7.86. The summed E-state index contributed by atoms with van der Waals surface area (Å²) in [4.78, 5) is 24.6. The third-order valence-corrected chi connectivity index (χ3v) is 10.2. The van der Waals surface area contributed by atoms with E-state index in [-0.39, 0.29) is 18.6 Å². The molecule has 2 aromatic rings. The standard InChI is InChI=1S/C30H36F2N4O5S/c1-20-17-22(33-29(37)41-23-7-4-3-5-8-23)9-10-24(20)27-34-25(18-26(35-27)36-13-15-39-19-21(36)2)30(11-12-30)42(38)16-6-14-40-28(31)32/h3-5,7-10,18,20-21,28H,6,11-17,19H2,1-2H3,(H,33,37)/p+1/t20?,21-,42?/m0/s1. The van der Waals surface area contributed by atoms with E-state index in [2.05, 4.69) is 21.9 Å². The Labute approximate surface area is 246 Å². The number of carbonyl (C=O) groups excluding carboxylic acids is 1. The van der Waals surface area contributed by atoms with Crippen molar-refractivity contribution in [3.8, 4) is 5.75 Å². The van der Waals surface area contributed by atoms with Crippen molar-refractivity contribution in [3.63, 3.8) is 0 Å². The van der Waals surface area contributed by atoms with Gasteiger partial charge in [0.15, 0.2) is 10.6 Å². The molecule has 0 bridgehead atoms. The lowest BCUT2D eigenvalue weighted by molar-refractivity contribution is -0.128. The van der Waals surface area contributed by atoms with Gasteiger partial charge in [-0.15, -0.1) is 4.21 Å². The molecule has 1 amide bonds. The van der Waals surface area contributed by atoms with Gasteiger partial charge in [0.2, 0.25) is 0 Å². The third kappa shape index (κ3) is 7.22. The number of halogens is 2. The molecule has 1 saturated carbocycles. The predicted octanol–water partition coefficient (Wildman–Crippen LogP) is 5.11. The second-order valence-electron chi connectivity index (χ2n) is 10.9. The molecule has 1 saturated heterocycles. The number of aromatic nitrogens is 2. The number of allylic oxidation sites excluding steroid dienone is 4. The normalized spacial score (nSPS) is 22.3. The predicted molar refractivity (Wildman–Crippen MR) is 157 cm³/mol. The highest BCUT2D eigenvalue weighted by Crippen LogP contribution is 2.51. The number of para-hydroxylation sites is 1. The molecule has 9 nitrogen and oxygen atoms in total. The first-order chi connectivity index (χ1) is 20.2. The summed E-state index contributed by atoms with van der Waals surface area (Å²) in [6.07, 6.45) is 5.48. The number of ether oxygens (including phenoxy) is 3. The Morgan fingerprint density at radius 2 is 2.00 bits per heavy atom. The molecule has 1 aliphatic heterocycles. The molecule has 3 aliphatic rings. The van der Waals surface area contributed by atoms with E-state index in [0.29, 0.717) is 49.9 Å². The molecule has 1 aromatic carbocycles. The molecule has 12 heteroatoms. The zero-order valence-electron chi connectivity index (χ0n) is 23.8. The fourth-order valence-corrected chi connectivity index (χ4v) is 7.19. The Morgan fingerprint density at radius 1 is 1.21 bits per heavy atom. The van der Waals surface area contributed by atoms with Crippen molar-refractivity contribution in [1.82, 2.24) is 15.3 Å². The number of carbonyl (C=O) groups is 1. The van der Waals surface area contributed by atoms with Gasteiger partial charge in [-0.3, -0.25) is 5.32 Å². The summed E-state index contributed by atoms with van der Waals surface area (Å²) in [5, 5.41) is 2.83. The molecule has 226 valence electrons. The molecule has 1 N–H and O–H groups in total. The van der Waals surface area contributed by atoms with Crippen LogP contribution in [0.5, 0.6) is 5.75 Å². The summed E-state index contributed by atoms with van der Waals surface area (Å²) in [6.45, 7) is 3.00. The molecule has 0 radical (unpaired) electrons. The highest BCUT2D eigenvalue weighted by Gasteiger charge is 2.57. The zero-order valence-corrected chi connectivity index (χ0v) is 24.7. The van der Waals surface area contributed by atoms with Crippen LogP contribution in [0.2, 0.25) is 0 Å². The Hall–Kier alpha value is -3.22. The molecule has 5 rings (SSSR count). The van der Waals surface area contributed by atoms with Gasteiger partial charge in [0.25, 0.3) is 0 Å². The van der Waals surface area contributed by atoms with Gasteiger partial charge in [-0.05, 0) is 37.5 Å². The SMILES string of the molecule is CC1CC(NC(=O)Oc2ccccc2)=CC=C1c1nc(N2CCOC[C@@H]2C)cc(C2([SH+](=O)CCCOC(F)F)CC2)n1. The van der Waals surface area contributed by atoms with E-state index in [4.69, 9.17) is 19.4 Å². The average Bonchev–Trinajstić information content (AvgIpc) is 3.78. The lowest BCUT2D eigenvalue weighted by Crippen LogP contribution is -2.44. The number of anilines is 1. The molecule has 2 fully saturated rings. The summed E-state index contributed by atoms with van der Waals surface area (Å²) in [5.74, 6) is 2.06. The van der Waals surface area contributed by atoms with E-state index in [9.17, 15) is 17.8 Å². The van der Waals surface area contributed by atoms with Gasteiger partial charge in [-0.1, -0.05) is 31.2 Å². The second-order valence-corrected chi connectivity index (χ2v) is 13.0. The van der Waals surface area contributed by atoms with Crippen molar-refractivity contribution < 1.29 is 32.0 Å². The van der Waals surface area contributed by atoms with Crippen LogP contribution in [0.4, 0.5) is 19.4 Å². The van der Waals surface area contributed by atoms with Crippen molar-refractivity contribution >= 4 is 28.3 Å². The molecule has 0 spiro atoms. The minimum absolute atomic E-state index is 0.0114. The number of alkyl halides is 2. The quantitative estimate of drug-likeness (QED) is 0.215. The Kier molecular flexibility index (Phi) is 9.64. The molecule has 1 aromatic heterocycles. The topological polar surface area (TPSA) is 103 Å². The van der Waals surface area contributed by atoms with E-state index < -0.39 is 28.3 Å². The van der Waals surface area contributed by atoms with Crippen molar-refractivity contribution in [3.05, 3.63) is 65.8 Å². The number of thiol groups is 1. The highest BCUT2D eigenvalue weighted by atomic mass is 32.2. The van der Waals surface area contributed by atoms with Crippen molar-refractivity contribution in [2.24, 2.45) is 5.92 Å². The van der Waals surface area contributed by atoms with Gasteiger partial charge in [-0.25, -0.2) is 14.8 Å². The summed E-state index contributed by atoms with van der Waals surface area (Å²) in [7, 11) is -1.74. The van der Waals surface area contributed by atoms with Gasteiger partial charge in [0, 0.05) is 43.1 Å². The van der Waals surface area contributed by atoms with E-state index in [1.165, 1.54) is 0 Å². The molecule has 2 heterocycles. The van der Waals surface area contributed by atoms with Crippen LogP contribution in [0, 0.1) is 5.92 Å². The maximum Gasteiger partial charge on any atom is 0.416 e. The fourth-order valence-electron chi connectivity index (χ4n) is 5.37. The number of rotatable bonds is 11. The molecule has 3 atom stereocenters. The summed E-state index contributed by atoms with van der Waals surface area (Å²) in [6, 6.07) is 10.9. The largest absolute Gasteiger partial charge is 0.416 e. The van der Waals surface area contributed by atoms with Gasteiger partial charge in [-0.2, -0.15) is 8.78 Å². The van der Waals surface area contributed by atoms with Gasteiger partial charge in [0.05, 0.1) is 36.7 Å². The minimum atomic E-state index is -2.83. The van der Waals surface area contributed by atoms with Crippen molar-refractivity contribution in [2.75, 3.05) is 37.0 Å².